The van der Waals surface area contributed by atoms with Crippen LogP contribution in [0.15, 0.2) is 168 Å². The molecule has 7 rings (SSSR count). The first-order valence-electron chi connectivity index (χ1n) is 18.4. The van der Waals surface area contributed by atoms with Crippen molar-refractivity contribution in [2.75, 3.05) is 10.6 Å². The van der Waals surface area contributed by atoms with Crippen molar-refractivity contribution in [1.29, 1.82) is 0 Å². The fourth-order valence-electron chi connectivity index (χ4n) is 5.75. The van der Waals surface area contributed by atoms with Crippen molar-refractivity contribution in [3.05, 3.63) is 175 Å². The summed E-state index contributed by atoms with van der Waals surface area (Å²) in [4.78, 5) is 12.5. The van der Waals surface area contributed by atoms with E-state index in [4.69, 9.17) is 0 Å². The first-order chi connectivity index (χ1) is 27.6. The smallest absolute Gasteiger partial charge is 0.255 e. The van der Waals surface area contributed by atoms with E-state index in [0.29, 0.717) is 5.56 Å². The Morgan fingerprint density at radius 3 is 1.57 bits per heavy atom. The molecule has 0 unspecified atom stereocenters. The van der Waals surface area contributed by atoms with E-state index in [-0.39, 0.29) is 15.7 Å². The van der Waals surface area contributed by atoms with Gasteiger partial charge in [0.2, 0.25) is 5.52 Å². The average Bonchev–Trinajstić information content (AvgIpc) is 3.22. The Morgan fingerprint density at radius 1 is 0.569 bits per heavy atom. The zero-order valence-electron chi connectivity index (χ0n) is 32.5. The van der Waals surface area contributed by atoms with Crippen molar-refractivity contribution in [3.8, 4) is 11.1 Å². The van der Waals surface area contributed by atoms with E-state index in [2.05, 4.69) is 94.7 Å². The molecule has 0 radical (unpaired) electrons. The lowest BCUT2D eigenvalue weighted by Gasteiger charge is -2.10. The highest BCUT2D eigenvalue weighted by Crippen LogP contribution is 2.25. The van der Waals surface area contributed by atoms with Gasteiger partial charge in [-0.25, -0.2) is 21.4 Å². The zero-order valence-corrected chi connectivity index (χ0v) is 34.1. The van der Waals surface area contributed by atoms with Crippen molar-refractivity contribution in [3.63, 3.8) is 0 Å². The third-order valence-electron chi connectivity index (χ3n) is 9.04. The Labute approximate surface area is 339 Å². The first-order valence-corrected chi connectivity index (χ1v) is 21.2. The Bertz CT molecular complexity index is 2620. The van der Waals surface area contributed by atoms with Crippen molar-refractivity contribution in [2.24, 2.45) is 0 Å². The van der Waals surface area contributed by atoms with Crippen LogP contribution in [0, 0.1) is 13.8 Å². The maximum absolute atomic E-state index is 12.8. The van der Waals surface area contributed by atoms with Crippen LogP contribution in [0.4, 0.5) is 17.1 Å². The summed E-state index contributed by atoms with van der Waals surface area (Å²) in [7, 11) is -8.54. The number of aromatic nitrogens is 2. The second-order valence-corrected chi connectivity index (χ2v) is 16.0. The summed E-state index contributed by atoms with van der Waals surface area (Å²) in [6.45, 7) is 9.76. The average molecular weight is 817 g/mol. The van der Waals surface area contributed by atoms with E-state index in [0.717, 1.165) is 57.8 Å². The number of hydrogen-bond donors (Lipinski definition) is 2. The van der Waals surface area contributed by atoms with Crippen LogP contribution in [0.2, 0.25) is 0 Å². The van der Waals surface area contributed by atoms with Crippen molar-refractivity contribution in [2.45, 2.75) is 50.6 Å². The molecule has 0 aliphatic rings. The van der Waals surface area contributed by atoms with Gasteiger partial charge in [-0.05, 0) is 106 Å². The lowest BCUT2D eigenvalue weighted by atomic mass is 10.1. The number of amides is 1. The Hall–Kier alpha value is -6.25. The van der Waals surface area contributed by atoms with E-state index in [9.17, 15) is 30.7 Å². The molecule has 58 heavy (non-hydrogen) atoms. The molecule has 0 fully saturated rings. The summed E-state index contributed by atoms with van der Waals surface area (Å²) in [6, 6.07) is 41.7. The number of pyridine rings is 2. The van der Waals surface area contributed by atoms with E-state index in [1.807, 2.05) is 62.4 Å². The minimum absolute atomic E-state index is 0.132. The number of nitrogens with zero attached hydrogens (tertiary/aromatic N) is 2. The number of para-hydroxylation sites is 1. The summed E-state index contributed by atoms with van der Waals surface area (Å²) in [6.07, 6.45) is 6.24. The summed E-state index contributed by atoms with van der Waals surface area (Å²) < 4.78 is 66.7. The van der Waals surface area contributed by atoms with Gasteiger partial charge in [0.05, 0.1) is 20.9 Å². The molecule has 0 atom stereocenters. The van der Waals surface area contributed by atoms with Crippen LogP contribution in [0.5, 0.6) is 0 Å². The van der Waals surface area contributed by atoms with E-state index in [1.54, 1.807) is 24.3 Å². The molecule has 7 aromatic rings. The minimum Gasteiger partial charge on any atom is -0.744 e. The predicted octanol–water partition coefficient (Wildman–Crippen LogP) is 7.92. The summed E-state index contributed by atoms with van der Waals surface area (Å²) >= 11 is 0. The van der Waals surface area contributed by atoms with Crippen LogP contribution in [0.1, 0.15) is 35.3 Å². The van der Waals surface area contributed by atoms with E-state index >= 15 is 0 Å². The van der Waals surface area contributed by atoms with Gasteiger partial charge < -0.3 is 19.7 Å². The monoisotopic (exact) mass is 816 g/mol. The lowest BCUT2D eigenvalue weighted by Crippen LogP contribution is -2.32. The topological polar surface area (TPSA) is 163 Å². The highest BCUT2D eigenvalue weighted by molar-refractivity contribution is 7.86. The van der Waals surface area contributed by atoms with Crippen LogP contribution in [0.25, 0.3) is 22.0 Å². The quantitative estimate of drug-likeness (QED) is 0.110. The number of anilines is 3. The Morgan fingerprint density at radius 2 is 1.07 bits per heavy atom. The van der Waals surface area contributed by atoms with Crippen molar-refractivity contribution >= 4 is 54.1 Å². The Kier molecular flexibility index (Phi) is 14.2. The molecule has 0 aliphatic carbocycles. The normalized spacial score (nSPS) is 11.1. The molecule has 1 amide bonds. The van der Waals surface area contributed by atoms with Gasteiger partial charge in [0.15, 0.2) is 18.6 Å². The van der Waals surface area contributed by atoms with Gasteiger partial charge in [-0.15, -0.1) is 0 Å². The summed E-state index contributed by atoms with van der Waals surface area (Å²) in [5, 5.41) is 7.65. The zero-order chi connectivity index (χ0) is 41.9. The van der Waals surface area contributed by atoms with Gasteiger partial charge in [0, 0.05) is 41.2 Å². The fourth-order valence-corrected chi connectivity index (χ4v) is 6.69. The SMILES string of the molecule is CC[n+]1ccc(-c2ccc(NC(=O)c3ccc(Nc4cc[n+](CC)c5ccccc45)cc3)cc2)cc1.Cc1ccc(S(=O)(=O)[O-])cc1.Cc1ccc(S(=O)(=O)[O-])cc1. The first kappa shape index (κ1) is 42.9. The molecule has 13 heteroatoms. The third-order valence-corrected chi connectivity index (χ3v) is 10.7. The van der Waals surface area contributed by atoms with Crippen LogP contribution in [-0.2, 0) is 33.3 Å². The molecular formula is C45H44N4O7S2. The number of fused-ring (bicyclic) bond motifs is 1. The highest BCUT2D eigenvalue weighted by Gasteiger charge is 2.12. The molecule has 11 nitrogen and oxygen atoms in total. The molecule has 0 aliphatic heterocycles. The Balaban J connectivity index is 0.000000236. The van der Waals surface area contributed by atoms with Crippen molar-refractivity contribution < 1.29 is 39.9 Å². The van der Waals surface area contributed by atoms with Crippen LogP contribution in [-0.4, -0.2) is 31.8 Å². The van der Waals surface area contributed by atoms with Crippen molar-refractivity contribution in [1.82, 2.24) is 0 Å². The third kappa shape index (κ3) is 11.9. The molecular weight excluding hydrogens is 773 g/mol. The maximum atomic E-state index is 12.8. The number of aryl methyl sites for hydroxylation is 4. The molecule has 0 spiro atoms. The number of nitrogens with one attached hydrogen (secondary N) is 2. The molecule has 2 N–H and O–H groups in total. The van der Waals surface area contributed by atoms with Crippen LogP contribution >= 0.6 is 0 Å². The highest BCUT2D eigenvalue weighted by atomic mass is 32.2. The van der Waals surface area contributed by atoms with Gasteiger partial charge in [-0.1, -0.05) is 59.7 Å². The molecule has 0 saturated carbocycles. The second kappa shape index (κ2) is 19.3. The molecule has 2 aromatic heterocycles. The number of hydrogen-bond acceptors (Lipinski definition) is 8. The molecule has 0 saturated heterocycles. The maximum Gasteiger partial charge on any atom is 0.255 e. The predicted molar refractivity (Wildman–Crippen MR) is 224 cm³/mol. The number of rotatable bonds is 9. The largest absolute Gasteiger partial charge is 0.744 e. The summed E-state index contributed by atoms with van der Waals surface area (Å²) in [5.41, 5.74) is 8.65. The second-order valence-electron chi connectivity index (χ2n) is 13.2. The van der Waals surface area contributed by atoms with Crippen LogP contribution in [0.3, 0.4) is 0 Å². The molecule has 298 valence electrons. The number of benzene rings is 5. The lowest BCUT2D eigenvalue weighted by molar-refractivity contribution is -0.693. The standard InChI is InChI=1S/C31H28N4O.2C7H8O3S/c1-3-34-20-17-24(18-21-34)23-9-13-27(14-10-23)33-31(36)25-11-15-26(16-12-25)32-29-19-22-35(4-2)30-8-6-5-7-28(29)30;2*1-6-2-4-7(5-3-6)11(8,9)10/h5-22H,3-4H2,1-2H3;2*2-5H,1H3,(H,8,9,10). The van der Waals surface area contributed by atoms with Gasteiger partial charge in [-0.3, -0.25) is 4.79 Å². The summed E-state index contributed by atoms with van der Waals surface area (Å²) in [5.74, 6) is -0.132. The molecule has 5 aromatic carbocycles. The van der Waals surface area contributed by atoms with Gasteiger partial charge in [0.1, 0.15) is 33.3 Å². The number of carbonyl (C=O) groups excluding carboxylic acids is 1. The minimum atomic E-state index is -4.27. The molecule has 0 bridgehead atoms. The van der Waals surface area contributed by atoms with Gasteiger partial charge in [-0.2, -0.15) is 4.57 Å². The van der Waals surface area contributed by atoms with Crippen LogP contribution < -0.4 is 19.8 Å². The fraction of sp³-hybridized carbons (Fsp3) is 0.133. The van der Waals surface area contributed by atoms with E-state index < -0.39 is 20.2 Å². The van der Waals surface area contributed by atoms with Gasteiger partial charge >= 0.3 is 0 Å². The van der Waals surface area contributed by atoms with Gasteiger partial charge in [0.25, 0.3) is 5.91 Å². The molecule has 2 heterocycles. The number of carbonyl (C=O) groups is 1. The van der Waals surface area contributed by atoms with E-state index in [1.165, 1.54) is 29.8 Å².